The van der Waals surface area contributed by atoms with Gasteiger partial charge in [0.1, 0.15) is 11.5 Å². The molecule has 0 heterocycles. The maximum atomic E-state index is 12.4. The van der Waals surface area contributed by atoms with Gasteiger partial charge < -0.3 is 9.47 Å². The summed E-state index contributed by atoms with van der Waals surface area (Å²) in [4.78, 5) is 2.39. The Morgan fingerprint density at radius 1 is 1.00 bits per heavy atom. The van der Waals surface area contributed by atoms with Crippen LogP contribution in [-0.4, -0.2) is 27.3 Å². The highest BCUT2D eigenvalue weighted by molar-refractivity contribution is 7.89. The smallest absolute Gasteiger partial charge is 0.276 e. The first-order chi connectivity index (χ1) is 12.8. The van der Waals surface area contributed by atoms with Gasteiger partial charge in [-0.2, -0.15) is 18.4 Å². The lowest BCUT2D eigenvalue weighted by Crippen LogP contribution is -2.20. The van der Waals surface area contributed by atoms with Crippen molar-refractivity contribution in [3.05, 3.63) is 54.1 Å². The third kappa shape index (κ3) is 6.29. The Balaban J connectivity index is 2.04. The van der Waals surface area contributed by atoms with E-state index in [4.69, 9.17) is 9.47 Å². The summed E-state index contributed by atoms with van der Waals surface area (Å²) < 4.78 is 35.7. The van der Waals surface area contributed by atoms with E-state index >= 15 is 0 Å². The number of nitrogens with one attached hydrogen (secondary N) is 1. The summed E-state index contributed by atoms with van der Waals surface area (Å²) in [6.07, 6.45) is 0. The lowest BCUT2D eigenvalue weighted by molar-refractivity contribution is 0.271. The number of hydrogen-bond donors (Lipinski definition) is 1. The van der Waals surface area contributed by atoms with Crippen molar-refractivity contribution in [2.24, 2.45) is 11.0 Å². The molecule has 0 aromatic heterocycles. The summed E-state index contributed by atoms with van der Waals surface area (Å²) >= 11 is 0. The minimum Gasteiger partial charge on any atom is -0.494 e. The molecule has 0 saturated heterocycles. The Labute approximate surface area is 161 Å². The molecule has 0 amide bonds. The molecule has 0 spiro atoms. The fourth-order valence-electron chi connectivity index (χ4n) is 2.18. The Morgan fingerprint density at radius 2 is 1.56 bits per heavy atom. The number of ether oxygens (including phenoxy) is 2. The molecule has 0 bridgehead atoms. The van der Waals surface area contributed by atoms with Crippen LogP contribution >= 0.6 is 0 Å². The van der Waals surface area contributed by atoms with Gasteiger partial charge in [-0.15, -0.1) is 0 Å². The fraction of sp³-hybridized carbons (Fsp3) is 0.350. The van der Waals surface area contributed by atoms with Crippen LogP contribution in [0.4, 0.5) is 0 Å². The van der Waals surface area contributed by atoms with E-state index in [9.17, 15) is 8.42 Å². The van der Waals surface area contributed by atoms with Gasteiger partial charge in [-0.1, -0.05) is 13.8 Å². The Hall–Kier alpha value is -2.54. The molecule has 146 valence electrons. The second-order valence-corrected chi connectivity index (χ2v) is 8.09. The SMILES string of the molecule is CCOc1ccc(S(=O)(=O)N/N=C(/C)c2ccc(OCC(C)C)cc2)cc1. The van der Waals surface area contributed by atoms with Gasteiger partial charge in [-0.05, 0) is 73.9 Å². The van der Waals surface area contributed by atoms with Gasteiger partial charge >= 0.3 is 0 Å². The quantitative estimate of drug-likeness (QED) is 0.522. The topological polar surface area (TPSA) is 77.0 Å². The average molecular weight is 391 g/mol. The third-order valence-corrected chi connectivity index (χ3v) is 4.86. The molecule has 0 unspecified atom stereocenters. The molecule has 0 aliphatic rings. The Morgan fingerprint density at radius 3 is 2.11 bits per heavy atom. The first-order valence-electron chi connectivity index (χ1n) is 8.84. The molecule has 2 rings (SSSR count). The zero-order valence-corrected chi connectivity index (χ0v) is 16.9. The summed E-state index contributed by atoms with van der Waals surface area (Å²) in [5.41, 5.74) is 1.36. The van der Waals surface area contributed by atoms with E-state index in [1.54, 1.807) is 19.1 Å². The lowest BCUT2D eigenvalue weighted by atomic mass is 10.1. The third-order valence-electron chi connectivity index (χ3n) is 3.63. The van der Waals surface area contributed by atoms with Crippen LogP contribution in [0.15, 0.2) is 58.5 Å². The van der Waals surface area contributed by atoms with Crippen LogP contribution in [0, 0.1) is 5.92 Å². The molecule has 1 N–H and O–H groups in total. The molecule has 6 nitrogen and oxygen atoms in total. The zero-order valence-electron chi connectivity index (χ0n) is 16.1. The fourth-order valence-corrected chi connectivity index (χ4v) is 3.04. The van der Waals surface area contributed by atoms with E-state index in [-0.39, 0.29) is 4.90 Å². The Kier molecular flexibility index (Phi) is 7.24. The van der Waals surface area contributed by atoms with E-state index in [0.29, 0.717) is 30.6 Å². The molecule has 2 aromatic carbocycles. The van der Waals surface area contributed by atoms with Gasteiger partial charge in [0, 0.05) is 0 Å². The average Bonchev–Trinajstić information content (AvgIpc) is 2.65. The number of rotatable bonds is 9. The van der Waals surface area contributed by atoms with E-state index in [0.717, 1.165) is 11.3 Å². The predicted octanol–water partition coefficient (Wildman–Crippen LogP) is 3.82. The van der Waals surface area contributed by atoms with Crippen molar-refractivity contribution < 1.29 is 17.9 Å². The largest absolute Gasteiger partial charge is 0.494 e. The van der Waals surface area contributed by atoms with Crippen LogP contribution in [0.3, 0.4) is 0 Å². The molecule has 0 saturated carbocycles. The predicted molar refractivity (Wildman–Crippen MR) is 107 cm³/mol. The van der Waals surface area contributed by atoms with Crippen molar-refractivity contribution >= 4 is 15.7 Å². The first kappa shape index (κ1) is 20.8. The molecule has 2 aromatic rings. The van der Waals surface area contributed by atoms with E-state index in [1.165, 1.54) is 12.1 Å². The normalized spacial score (nSPS) is 12.1. The van der Waals surface area contributed by atoms with Crippen LogP contribution in [0.5, 0.6) is 11.5 Å². The minimum atomic E-state index is -3.74. The summed E-state index contributed by atoms with van der Waals surface area (Å²) in [5, 5.41) is 4.01. The van der Waals surface area contributed by atoms with Crippen LogP contribution < -0.4 is 14.3 Å². The van der Waals surface area contributed by atoms with Gasteiger partial charge in [-0.3, -0.25) is 0 Å². The van der Waals surface area contributed by atoms with E-state index in [1.807, 2.05) is 31.2 Å². The highest BCUT2D eigenvalue weighted by Gasteiger charge is 2.13. The van der Waals surface area contributed by atoms with Crippen molar-refractivity contribution in [3.63, 3.8) is 0 Å². The molecular formula is C20H26N2O4S. The highest BCUT2D eigenvalue weighted by Crippen LogP contribution is 2.17. The number of nitrogens with zero attached hydrogens (tertiary/aromatic N) is 1. The highest BCUT2D eigenvalue weighted by atomic mass is 32.2. The van der Waals surface area contributed by atoms with Crippen molar-refractivity contribution in [2.75, 3.05) is 13.2 Å². The molecule has 7 heteroatoms. The summed E-state index contributed by atoms with van der Waals surface area (Å²) in [6.45, 7) is 8.95. The molecule has 0 fully saturated rings. The second kappa shape index (κ2) is 9.41. The zero-order chi connectivity index (χ0) is 19.9. The molecule has 0 radical (unpaired) electrons. The van der Waals surface area contributed by atoms with Gasteiger partial charge in [0.25, 0.3) is 10.0 Å². The first-order valence-corrected chi connectivity index (χ1v) is 10.3. The van der Waals surface area contributed by atoms with Gasteiger partial charge in [0.05, 0.1) is 23.8 Å². The van der Waals surface area contributed by atoms with Gasteiger partial charge in [-0.25, -0.2) is 0 Å². The summed E-state index contributed by atoms with van der Waals surface area (Å²) in [5.74, 6) is 1.84. The monoisotopic (exact) mass is 390 g/mol. The molecule has 0 aliphatic carbocycles. The van der Waals surface area contributed by atoms with Crippen LogP contribution in [0.2, 0.25) is 0 Å². The van der Waals surface area contributed by atoms with E-state index < -0.39 is 10.0 Å². The molecular weight excluding hydrogens is 364 g/mol. The number of benzene rings is 2. The van der Waals surface area contributed by atoms with Crippen LogP contribution in [0.1, 0.15) is 33.3 Å². The minimum absolute atomic E-state index is 0.125. The molecule has 0 aliphatic heterocycles. The number of hydrogen-bond acceptors (Lipinski definition) is 5. The standard InChI is InChI=1S/C20H26N2O4S/c1-5-25-18-10-12-20(13-11-18)27(23,24)22-21-16(4)17-6-8-19(9-7-17)26-14-15(2)3/h6-13,15,22H,5,14H2,1-4H3/b21-16-. The molecule has 0 atom stereocenters. The maximum absolute atomic E-state index is 12.4. The molecule has 27 heavy (non-hydrogen) atoms. The van der Waals surface area contributed by atoms with E-state index in [2.05, 4.69) is 23.8 Å². The van der Waals surface area contributed by atoms with Crippen LogP contribution in [0.25, 0.3) is 0 Å². The van der Waals surface area contributed by atoms with Gasteiger partial charge in [0.15, 0.2) is 0 Å². The summed E-state index contributed by atoms with van der Waals surface area (Å²) in [7, 11) is -3.74. The number of hydrazone groups is 1. The van der Waals surface area contributed by atoms with Crippen molar-refractivity contribution in [2.45, 2.75) is 32.6 Å². The lowest BCUT2D eigenvalue weighted by Gasteiger charge is -2.09. The Bertz CT molecular complexity index is 858. The number of sulfonamides is 1. The summed E-state index contributed by atoms with van der Waals surface area (Å²) in [6, 6.07) is 13.6. The van der Waals surface area contributed by atoms with Crippen molar-refractivity contribution in [1.82, 2.24) is 4.83 Å². The second-order valence-electron chi connectivity index (χ2n) is 6.43. The van der Waals surface area contributed by atoms with Crippen molar-refractivity contribution in [3.8, 4) is 11.5 Å². The maximum Gasteiger partial charge on any atom is 0.276 e. The van der Waals surface area contributed by atoms with Crippen LogP contribution in [-0.2, 0) is 10.0 Å². The van der Waals surface area contributed by atoms with Gasteiger partial charge in [0.2, 0.25) is 0 Å². The van der Waals surface area contributed by atoms with Crippen molar-refractivity contribution in [1.29, 1.82) is 0 Å².